The van der Waals surface area contributed by atoms with Gasteiger partial charge in [0, 0.05) is 6.07 Å². The average Bonchev–Trinajstić information content (AvgIpc) is 2.57. The molecule has 0 unspecified atom stereocenters. The minimum atomic E-state index is -0.169. The van der Waals surface area contributed by atoms with Gasteiger partial charge in [0.05, 0.1) is 12.0 Å². The Morgan fingerprint density at radius 3 is 2.50 bits per heavy atom. The largest absolute Gasteiger partial charge is 0.493 e. The molecule has 0 bridgehead atoms. The van der Waals surface area contributed by atoms with Crippen molar-refractivity contribution in [2.75, 3.05) is 6.61 Å². The van der Waals surface area contributed by atoms with Crippen molar-refractivity contribution in [3.8, 4) is 17.2 Å². The summed E-state index contributed by atoms with van der Waals surface area (Å²) in [5, 5.41) is 0.523. The van der Waals surface area contributed by atoms with E-state index in [1.54, 1.807) is 25.1 Å². The summed E-state index contributed by atoms with van der Waals surface area (Å²) < 4.78 is 17.3. The summed E-state index contributed by atoms with van der Waals surface area (Å²) in [5.41, 5.74) is 1.16. The Labute approximate surface area is 140 Å². The highest BCUT2D eigenvalue weighted by molar-refractivity contribution is 5.83. The van der Waals surface area contributed by atoms with E-state index in [1.165, 1.54) is 0 Å². The highest BCUT2D eigenvalue weighted by Gasteiger charge is 2.16. The van der Waals surface area contributed by atoms with Crippen LogP contribution >= 0.6 is 0 Å². The number of aryl methyl sites for hydroxylation is 2. The average molecular weight is 324 g/mol. The first-order valence-electron chi connectivity index (χ1n) is 8.04. The van der Waals surface area contributed by atoms with E-state index in [1.807, 2.05) is 38.1 Å². The van der Waals surface area contributed by atoms with Crippen LogP contribution in [0.25, 0.3) is 11.0 Å². The van der Waals surface area contributed by atoms with E-state index in [2.05, 4.69) is 0 Å². The van der Waals surface area contributed by atoms with Gasteiger partial charge in [-0.05, 0) is 44.0 Å². The zero-order valence-corrected chi connectivity index (χ0v) is 14.1. The van der Waals surface area contributed by atoms with Crippen molar-refractivity contribution in [2.24, 2.45) is 0 Å². The Morgan fingerprint density at radius 1 is 1.04 bits per heavy atom. The molecular weight excluding hydrogens is 304 g/mol. The van der Waals surface area contributed by atoms with Crippen LogP contribution in [-0.4, -0.2) is 6.61 Å². The summed E-state index contributed by atoms with van der Waals surface area (Å²) in [6.07, 6.45) is 0.921. The molecule has 3 aromatic rings. The van der Waals surface area contributed by atoms with Crippen molar-refractivity contribution in [2.45, 2.75) is 27.2 Å². The highest BCUT2D eigenvalue weighted by atomic mass is 16.5. The molecule has 0 aliphatic rings. The van der Waals surface area contributed by atoms with Crippen molar-refractivity contribution in [1.82, 2.24) is 0 Å². The van der Waals surface area contributed by atoms with E-state index in [0.717, 1.165) is 12.0 Å². The molecular formula is C20H20O4. The number of benzene rings is 2. The quantitative estimate of drug-likeness (QED) is 0.663. The Bertz CT molecular complexity index is 910. The molecule has 0 fully saturated rings. The minimum Gasteiger partial charge on any atom is -0.493 e. The van der Waals surface area contributed by atoms with E-state index >= 15 is 0 Å². The lowest BCUT2D eigenvalue weighted by molar-refractivity contribution is 0.317. The van der Waals surface area contributed by atoms with Crippen LogP contribution in [0.3, 0.4) is 0 Å². The van der Waals surface area contributed by atoms with E-state index in [4.69, 9.17) is 13.9 Å². The summed E-state index contributed by atoms with van der Waals surface area (Å²) in [6.45, 7) is 6.28. The van der Waals surface area contributed by atoms with Gasteiger partial charge in [-0.3, -0.25) is 4.79 Å². The first kappa shape index (κ1) is 16.1. The van der Waals surface area contributed by atoms with Gasteiger partial charge in [0.15, 0.2) is 0 Å². The van der Waals surface area contributed by atoms with E-state index < -0.39 is 0 Å². The Kier molecular flexibility index (Phi) is 4.56. The lowest BCUT2D eigenvalue weighted by atomic mass is 10.1. The third kappa shape index (κ3) is 3.13. The van der Waals surface area contributed by atoms with Crippen LogP contribution in [0, 0.1) is 13.8 Å². The highest BCUT2D eigenvalue weighted by Crippen LogP contribution is 2.29. The zero-order chi connectivity index (χ0) is 17.1. The summed E-state index contributed by atoms with van der Waals surface area (Å²) in [4.78, 5) is 12.9. The molecule has 0 aliphatic carbocycles. The monoisotopic (exact) mass is 324 g/mol. The second kappa shape index (κ2) is 6.79. The Balaban J connectivity index is 2.10. The standard InChI is InChI=1S/C20H20O4/c1-4-10-22-16-11-13(2)18-17(12-16)23-14(3)20(19(18)21)24-15-8-6-5-7-9-15/h5-9,11-12H,4,10H2,1-3H3. The molecule has 0 amide bonds. The van der Waals surface area contributed by atoms with Crippen LogP contribution in [0.1, 0.15) is 24.7 Å². The van der Waals surface area contributed by atoms with Crippen molar-refractivity contribution in [3.05, 3.63) is 64.0 Å². The third-order valence-electron chi connectivity index (χ3n) is 3.72. The molecule has 4 heteroatoms. The van der Waals surface area contributed by atoms with Crippen LogP contribution in [0.5, 0.6) is 17.2 Å². The van der Waals surface area contributed by atoms with Crippen molar-refractivity contribution >= 4 is 11.0 Å². The molecule has 0 saturated carbocycles. The van der Waals surface area contributed by atoms with Gasteiger partial charge in [-0.1, -0.05) is 25.1 Å². The smallest absolute Gasteiger partial charge is 0.235 e. The van der Waals surface area contributed by atoms with Gasteiger partial charge in [0.2, 0.25) is 11.2 Å². The third-order valence-corrected chi connectivity index (χ3v) is 3.72. The molecule has 124 valence electrons. The van der Waals surface area contributed by atoms with E-state index in [9.17, 15) is 4.79 Å². The van der Waals surface area contributed by atoms with Crippen molar-refractivity contribution in [1.29, 1.82) is 0 Å². The Morgan fingerprint density at radius 2 is 1.79 bits per heavy atom. The minimum absolute atomic E-state index is 0.169. The fourth-order valence-electron chi connectivity index (χ4n) is 2.61. The van der Waals surface area contributed by atoms with Gasteiger partial charge < -0.3 is 13.9 Å². The molecule has 1 heterocycles. The second-order valence-corrected chi connectivity index (χ2v) is 5.69. The van der Waals surface area contributed by atoms with Crippen molar-refractivity contribution in [3.63, 3.8) is 0 Å². The predicted octanol–water partition coefficient (Wildman–Crippen LogP) is 4.99. The summed E-state index contributed by atoms with van der Waals surface area (Å²) in [6, 6.07) is 12.8. The number of hydrogen-bond donors (Lipinski definition) is 0. The first-order valence-corrected chi connectivity index (χ1v) is 8.04. The summed E-state index contributed by atoms with van der Waals surface area (Å²) in [7, 11) is 0. The first-order chi connectivity index (χ1) is 11.6. The molecule has 3 rings (SSSR count). The number of hydrogen-bond acceptors (Lipinski definition) is 4. The fraction of sp³-hybridized carbons (Fsp3) is 0.250. The summed E-state index contributed by atoms with van der Waals surface area (Å²) >= 11 is 0. The van der Waals surface area contributed by atoms with Crippen LogP contribution in [0.4, 0.5) is 0 Å². The predicted molar refractivity (Wildman–Crippen MR) is 94.3 cm³/mol. The normalized spacial score (nSPS) is 10.8. The maximum absolute atomic E-state index is 12.9. The van der Waals surface area contributed by atoms with Gasteiger partial charge in [0.25, 0.3) is 0 Å². The zero-order valence-electron chi connectivity index (χ0n) is 14.1. The van der Waals surface area contributed by atoms with E-state index in [-0.39, 0.29) is 11.2 Å². The van der Waals surface area contributed by atoms with Gasteiger partial charge in [-0.2, -0.15) is 0 Å². The molecule has 24 heavy (non-hydrogen) atoms. The van der Waals surface area contributed by atoms with Crippen LogP contribution in [-0.2, 0) is 0 Å². The maximum Gasteiger partial charge on any atom is 0.235 e. The molecule has 0 saturated heterocycles. The molecule has 0 spiro atoms. The fourth-order valence-corrected chi connectivity index (χ4v) is 2.61. The van der Waals surface area contributed by atoms with Gasteiger partial charge in [0.1, 0.15) is 22.8 Å². The lowest BCUT2D eigenvalue weighted by Crippen LogP contribution is -2.09. The van der Waals surface area contributed by atoms with E-state index in [0.29, 0.717) is 34.8 Å². The number of ether oxygens (including phenoxy) is 2. The molecule has 0 atom stereocenters. The van der Waals surface area contributed by atoms with Crippen molar-refractivity contribution < 1.29 is 13.9 Å². The van der Waals surface area contributed by atoms with Gasteiger partial charge >= 0.3 is 0 Å². The van der Waals surface area contributed by atoms with Gasteiger partial charge in [-0.15, -0.1) is 0 Å². The topological polar surface area (TPSA) is 48.7 Å². The SMILES string of the molecule is CCCOc1cc(C)c2c(=O)c(Oc3ccccc3)c(C)oc2c1. The molecule has 0 aliphatic heterocycles. The second-order valence-electron chi connectivity index (χ2n) is 5.69. The Hall–Kier alpha value is -2.75. The molecule has 0 N–H and O–H groups in total. The summed E-state index contributed by atoms with van der Waals surface area (Å²) in [5.74, 6) is 1.98. The van der Waals surface area contributed by atoms with Crippen LogP contribution in [0.15, 0.2) is 51.7 Å². The molecule has 4 nitrogen and oxygen atoms in total. The molecule has 2 aromatic carbocycles. The van der Waals surface area contributed by atoms with Crippen LogP contribution in [0.2, 0.25) is 0 Å². The molecule has 0 radical (unpaired) electrons. The van der Waals surface area contributed by atoms with Gasteiger partial charge in [-0.25, -0.2) is 0 Å². The number of para-hydroxylation sites is 1. The maximum atomic E-state index is 12.9. The van der Waals surface area contributed by atoms with Crippen LogP contribution < -0.4 is 14.9 Å². The number of rotatable bonds is 5. The number of fused-ring (bicyclic) bond motifs is 1. The molecule has 1 aromatic heterocycles. The lowest BCUT2D eigenvalue weighted by Gasteiger charge is -2.11.